The van der Waals surface area contributed by atoms with Crippen LogP contribution in [0.15, 0.2) is 48.5 Å². The molecule has 5 heteroatoms. The van der Waals surface area contributed by atoms with Gasteiger partial charge in [-0.15, -0.1) is 0 Å². The van der Waals surface area contributed by atoms with Gasteiger partial charge in [-0.1, -0.05) is 49.7 Å². The van der Waals surface area contributed by atoms with Crippen molar-refractivity contribution >= 4 is 23.0 Å². The lowest BCUT2D eigenvalue weighted by Gasteiger charge is -2.18. The smallest absolute Gasteiger partial charge is 0.150 e. The summed E-state index contributed by atoms with van der Waals surface area (Å²) in [5, 5.41) is 4.50. The minimum absolute atomic E-state index is 0.612. The van der Waals surface area contributed by atoms with E-state index in [1.807, 2.05) is 49.5 Å². The monoisotopic (exact) mass is 362 g/mol. The van der Waals surface area contributed by atoms with Gasteiger partial charge >= 0.3 is 0 Å². The minimum atomic E-state index is 0.612. The maximum absolute atomic E-state index is 11.2. The second kappa shape index (κ2) is 9.24. The number of carbonyl (C=O) groups is 1. The Labute approximate surface area is 160 Å². The molecule has 0 aliphatic heterocycles. The van der Waals surface area contributed by atoms with Gasteiger partial charge in [0, 0.05) is 24.0 Å². The molecule has 3 aromatic rings. The van der Waals surface area contributed by atoms with E-state index in [-0.39, 0.29) is 0 Å². The molecule has 0 amide bonds. The van der Waals surface area contributed by atoms with E-state index in [0.717, 1.165) is 59.3 Å². The highest BCUT2D eigenvalue weighted by Crippen LogP contribution is 2.21. The molecule has 0 aliphatic rings. The summed E-state index contributed by atoms with van der Waals surface area (Å²) in [6, 6.07) is 15.8. The fourth-order valence-electron chi connectivity index (χ4n) is 3.10. The van der Waals surface area contributed by atoms with E-state index in [4.69, 9.17) is 9.97 Å². The number of benzene rings is 2. The molecule has 0 aliphatic carbocycles. The second-order valence-corrected chi connectivity index (χ2v) is 6.77. The molecule has 0 atom stereocenters. The molecule has 0 saturated heterocycles. The zero-order chi connectivity index (χ0) is 19.1. The van der Waals surface area contributed by atoms with E-state index < -0.39 is 0 Å². The predicted octanol–water partition coefficient (Wildman–Crippen LogP) is 4.29. The van der Waals surface area contributed by atoms with E-state index in [2.05, 4.69) is 23.2 Å². The number of unbranched alkanes of at least 4 members (excludes halogenated alkanes) is 1. The summed E-state index contributed by atoms with van der Waals surface area (Å²) in [4.78, 5) is 22.8. The average molecular weight is 362 g/mol. The van der Waals surface area contributed by atoms with Crippen LogP contribution in [0.2, 0.25) is 0 Å². The molecule has 0 radical (unpaired) electrons. The number of anilines is 1. The van der Waals surface area contributed by atoms with E-state index in [1.165, 1.54) is 0 Å². The molecule has 0 saturated carbocycles. The number of hydrogen-bond acceptors (Lipinski definition) is 5. The van der Waals surface area contributed by atoms with E-state index >= 15 is 0 Å². The van der Waals surface area contributed by atoms with Crippen molar-refractivity contribution in [2.75, 3.05) is 18.9 Å². The Kier molecular flexibility index (Phi) is 6.49. The zero-order valence-corrected chi connectivity index (χ0v) is 16.0. The molecule has 0 unspecified atom stereocenters. The Morgan fingerprint density at radius 2 is 1.81 bits per heavy atom. The topological polar surface area (TPSA) is 58.1 Å². The van der Waals surface area contributed by atoms with Crippen LogP contribution in [0.1, 0.15) is 41.5 Å². The molecule has 5 nitrogen and oxygen atoms in total. The van der Waals surface area contributed by atoms with Crippen LogP contribution in [0.25, 0.3) is 10.9 Å². The van der Waals surface area contributed by atoms with Gasteiger partial charge in [0.25, 0.3) is 0 Å². The van der Waals surface area contributed by atoms with Crippen LogP contribution in [0, 0.1) is 0 Å². The molecule has 0 bridgehead atoms. The summed E-state index contributed by atoms with van der Waals surface area (Å²) in [6.07, 6.45) is 3.16. The first-order chi connectivity index (χ1) is 13.2. The van der Waals surface area contributed by atoms with Gasteiger partial charge in [0.05, 0.1) is 12.1 Å². The van der Waals surface area contributed by atoms with Crippen LogP contribution in [0.3, 0.4) is 0 Å². The van der Waals surface area contributed by atoms with Crippen molar-refractivity contribution in [1.29, 1.82) is 0 Å². The highest BCUT2D eigenvalue weighted by Gasteiger charge is 2.11. The van der Waals surface area contributed by atoms with Crippen molar-refractivity contribution in [3.05, 3.63) is 65.5 Å². The van der Waals surface area contributed by atoms with Crippen molar-refractivity contribution < 1.29 is 4.79 Å². The minimum Gasteiger partial charge on any atom is -0.369 e. The van der Waals surface area contributed by atoms with E-state index in [9.17, 15) is 4.79 Å². The summed E-state index contributed by atoms with van der Waals surface area (Å²) in [5.41, 5.74) is 2.69. The van der Waals surface area contributed by atoms with Gasteiger partial charge < -0.3 is 5.32 Å². The molecule has 0 spiro atoms. The molecular weight excluding hydrogens is 336 g/mol. The quantitative estimate of drug-likeness (QED) is 0.455. The fraction of sp³-hybridized carbons (Fsp3) is 0.318. The average Bonchev–Trinajstić information content (AvgIpc) is 2.68. The standard InChI is InChI=1S/C22H26N4O/c1-3-4-13-23-22-19-11-7-8-12-20(19)24-21(25-22)15-26(2)14-17-9-5-6-10-18(17)16-27/h5-12,16H,3-4,13-15H2,1-2H3,(H,23,24,25). The Morgan fingerprint density at radius 1 is 1.04 bits per heavy atom. The molecule has 27 heavy (non-hydrogen) atoms. The molecule has 2 aromatic carbocycles. The lowest BCUT2D eigenvalue weighted by molar-refractivity contribution is 0.112. The number of carbonyl (C=O) groups excluding carboxylic acids is 1. The van der Waals surface area contributed by atoms with Crippen molar-refractivity contribution in [1.82, 2.24) is 14.9 Å². The van der Waals surface area contributed by atoms with Crippen LogP contribution in [0.4, 0.5) is 5.82 Å². The third-order valence-corrected chi connectivity index (χ3v) is 4.51. The SMILES string of the molecule is CCCCNc1nc(CN(C)Cc2ccccc2C=O)nc2ccccc12. The molecule has 1 N–H and O–H groups in total. The van der Waals surface area contributed by atoms with Gasteiger partial charge in [0.15, 0.2) is 0 Å². The Balaban J connectivity index is 1.80. The van der Waals surface area contributed by atoms with Crippen LogP contribution in [-0.2, 0) is 13.1 Å². The van der Waals surface area contributed by atoms with Crippen molar-refractivity contribution in [2.45, 2.75) is 32.9 Å². The van der Waals surface area contributed by atoms with Crippen LogP contribution < -0.4 is 5.32 Å². The van der Waals surface area contributed by atoms with Gasteiger partial charge in [-0.3, -0.25) is 9.69 Å². The third kappa shape index (κ3) is 4.89. The summed E-state index contributed by atoms with van der Waals surface area (Å²) < 4.78 is 0. The number of hydrogen-bond donors (Lipinski definition) is 1. The van der Waals surface area contributed by atoms with Gasteiger partial charge in [-0.05, 0) is 31.2 Å². The molecule has 1 heterocycles. The van der Waals surface area contributed by atoms with Gasteiger partial charge in [0.2, 0.25) is 0 Å². The third-order valence-electron chi connectivity index (χ3n) is 4.51. The first-order valence-corrected chi connectivity index (χ1v) is 9.42. The zero-order valence-electron chi connectivity index (χ0n) is 16.0. The van der Waals surface area contributed by atoms with Crippen molar-refractivity contribution in [3.8, 4) is 0 Å². The summed E-state index contributed by atoms with van der Waals surface area (Å²) >= 11 is 0. The van der Waals surface area contributed by atoms with Gasteiger partial charge in [-0.2, -0.15) is 0 Å². The second-order valence-electron chi connectivity index (χ2n) is 6.77. The maximum atomic E-state index is 11.2. The largest absolute Gasteiger partial charge is 0.369 e. The summed E-state index contributed by atoms with van der Waals surface area (Å²) in [5.74, 6) is 1.67. The van der Waals surface area contributed by atoms with Crippen molar-refractivity contribution in [3.63, 3.8) is 0 Å². The van der Waals surface area contributed by atoms with Crippen molar-refractivity contribution in [2.24, 2.45) is 0 Å². The van der Waals surface area contributed by atoms with Crippen LogP contribution >= 0.6 is 0 Å². The highest BCUT2D eigenvalue weighted by molar-refractivity contribution is 5.88. The molecule has 3 rings (SSSR count). The normalized spacial score (nSPS) is 11.1. The van der Waals surface area contributed by atoms with Gasteiger partial charge in [-0.25, -0.2) is 9.97 Å². The Morgan fingerprint density at radius 3 is 2.63 bits per heavy atom. The number of aldehydes is 1. The lowest BCUT2D eigenvalue weighted by atomic mass is 10.1. The number of nitrogens with one attached hydrogen (secondary N) is 1. The van der Waals surface area contributed by atoms with Crippen LogP contribution in [-0.4, -0.2) is 34.7 Å². The molecule has 1 aromatic heterocycles. The Hall–Kier alpha value is -2.79. The number of nitrogens with zero attached hydrogens (tertiary/aromatic N) is 3. The summed E-state index contributed by atoms with van der Waals surface area (Å²) in [7, 11) is 2.02. The maximum Gasteiger partial charge on any atom is 0.150 e. The first-order valence-electron chi connectivity index (χ1n) is 9.42. The lowest BCUT2D eigenvalue weighted by Crippen LogP contribution is -2.20. The van der Waals surface area contributed by atoms with E-state index in [1.54, 1.807) is 0 Å². The highest BCUT2D eigenvalue weighted by atomic mass is 16.1. The molecule has 0 fully saturated rings. The van der Waals surface area contributed by atoms with Gasteiger partial charge in [0.1, 0.15) is 17.9 Å². The Bertz CT molecular complexity index is 910. The molecule has 140 valence electrons. The number of para-hydroxylation sites is 1. The number of fused-ring (bicyclic) bond motifs is 1. The first kappa shape index (κ1) is 19.0. The number of rotatable bonds is 9. The van der Waals surface area contributed by atoms with E-state index in [0.29, 0.717) is 13.1 Å². The fourth-order valence-corrected chi connectivity index (χ4v) is 3.10. The number of aromatic nitrogens is 2. The summed E-state index contributed by atoms with van der Waals surface area (Å²) in [6.45, 7) is 4.36. The predicted molar refractivity (Wildman–Crippen MR) is 110 cm³/mol. The van der Waals surface area contributed by atoms with Crippen LogP contribution in [0.5, 0.6) is 0 Å². The molecular formula is C22H26N4O.